The molecule has 1 saturated carbocycles. The summed E-state index contributed by atoms with van der Waals surface area (Å²) in [5, 5.41) is 2.81. The van der Waals surface area contributed by atoms with Gasteiger partial charge in [-0.05, 0) is 39.0 Å². The summed E-state index contributed by atoms with van der Waals surface area (Å²) >= 11 is 0. The van der Waals surface area contributed by atoms with Gasteiger partial charge in [0.15, 0.2) is 0 Å². The first-order chi connectivity index (χ1) is 10.0. The Morgan fingerprint density at radius 2 is 2.00 bits per heavy atom. The summed E-state index contributed by atoms with van der Waals surface area (Å²) in [5.74, 6) is 0.293. The Balaban J connectivity index is 1.92. The number of rotatable bonds is 8. The molecule has 21 heavy (non-hydrogen) atoms. The van der Waals surface area contributed by atoms with Crippen LogP contribution >= 0.6 is 0 Å². The molecule has 2 rings (SSSR count). The van der Waals surface area contributed by atoms with Crippen LogP contribution in [-0.2, 0) is 19.1 Å². The Bertz CT molecular complexity index is 397. The average Bonchev–Trinajstić information content (AvgIpc) is 3.28. The van der Waals surface area contributed by atoms with E-state index in [-0.39, 0.29) is 11.8 Å². The molecule has 0 aromatic heterocycles. The normalized spacial score (nSPS) is 29.7. The van der Waals surface area contributed by atoms with Gasteiger partial charge >= 0.3 is 0 Å². The monoisotopic (exact) mass is 298 g/mol. The van der Waals surface area contributed by atoms with Gasteiger partial charge in [-0.1, -0.05) is 0 Å². The van der Waals surface area contributed by atoms with E-state index in [9.17, 15) is 9.59 Å². The molecule has 2 amide bonds. The highest BCUT2D eigenvalue weighted by atomic mass is 16.5. The first-order valence-electron chi connectivity index (χ1n) is 7.71. The predicted octanol–water partition coefficient (Wildman–Crippen LogP) is 0.555. The fraction of sp³-hybridized carbons (Fsp3) is 0.867. The predicted molar refractivity (Wildman–Crippen MR) is 77.8 cm³/mol. The topological polar surface area (TPSA) is 67.9 Å². The van der Waals surface area contributed by atoms with E-state index in [1.165, 1.54) is 0 Å². The van der Waals surface area contributed by atoms with E-state index in [4.69, 9.17) is 9.47 Å². The second-order valence-electron chi connectivity index (χ2n) is 6.07. The summed E-state index contributed by atoms with van der Waals surface area (Å²) in [4.78, 5) is 26.6. The van der Waals surface area contributed by atoms with Gasteiger partial charge in [-0.25, -0.2) is 0 Å². The van der Waals surface area contributed by atoms with Gasteiger partial charge in [0.2, 0.25) is 11.8 Å². The van der Waals surface area contributed by atoms with Gasteiger partial charge in [0.25, 0.3) is 0 Å². The van der Waals surface area contributed by atoms with Crippen LogP contribution in [0.1, 0.15) is 33.1 Å². The Hall–Kier alpha value is -1.14. The molecule has 2 unspecified atom stereocenters. The molecule has 0 bridgehead atoms. The van der Waals surface area contributed by atoms with Crippen LogP contribution in [0.2, 0.25) is 0 Å². The summed E-state index contributed by atoms with van der Waals surface area (Å²) in [5.41, 5.74) is -0.684. The Kier molecular flexibility index (Phi) is 5.22. The summed E-state index contributed by atoms with van der Waals surface area (Å²) < 4.78 is 10.3. The highest BCUT2D eigenvalue weighted by Gasteiger charge is 2.56. The summed E-state index contributed by atoms with van der Waals surface area (Å²) in [6, 6.07) is -0.432. The van der Waals surface area contributed by atoms with Crippen LogP contribution in [0.25, 0.3) is 0 Å². The molecular weight excluding hydrogens is 272 g/mol. The maximum Gasteiger partial charge on any atom is 0.246 e. The summed E-state index contributed by atoms with van der Waals surface area (Å²) in [6.07, 6.45) is 2.77. The highest BCUT2D eigenvalue weighted by molar-refractivity contribution is 5.99. The highest BCUT2D eigenvalue weighted by Crippen LogP contribution is 2.44. The maximum absolute atomic E-state index is 12.4. The van der Waals surface area contributed by atoms with Crippen LogP contribution < -0.4 is 5.32 Å². The number of hydrogen-bond acceptors (Lipinski definition) is 4. The molecule has 2 atom stereocenters. The second-order valence-corrected chi connectivity index (χ2v) is 6.07. The van der Waals surface area contributed by atoms with Crippen LogP contribution in [0, 0.1) is 5.92 Å². The number of amides is 2. The number of methoxy groups -OCH3 is 1. The number of nitrogens with one attached hydrogen (secondary N) is 1. The Morgan fingerprint density at radius 1 is 1.29 bits per heavy atom. The van der Waals surface area contributed by atoms with Gasteiger partial charge in [-0.3, -0.25) is 9.59 Å². The van der Waals surface area contributed by atoms with E-state index in [0.717, 1.165) is 19.3 Å². The lowest BCUT2D eigenvalue weighted by Gasteiger charge is -2.46. The minimum atomic E-state index is -0.684. The zero-order valence-corrected chi connectivity index (χ0v) is 13.2. The third-order valence-electron chi connectivity index (χ3n) is 4.48. The molecule has 1 aliphatic carbocycles. The largest absolute Gasteiger partial charge is 0.382 e. The van der Waals surface area contributed by atoms with Crippen molar-refractivity contribution in [1.29, 1.82) is 0 Å². The fourth-order valence-corrected chi connectivity index (χ4v) is 2.95. The SMILES string of the molecule is COCCOCCCN1C(=O)C(C)NC(=O)C1(C)C1CC1. The number of carbonyl (C=O) groups is 2. The molecule has 6 nitrogen and oxygen atoms in total. The van der Waals surface area contributed by atoms with Gasteiger partial charge in [0.05, 0.1) is 13.2 Å². The Labute approximate surface area is 126 Å². The van der Waals surface area contributed by atoms with Crippen molar-refractivity contribution >= 4 is 11.8 Å². The lowest BCUT2D eigenvalue weighted by molar-refractivity contribution is -0.157. The fourth-order valence-electron chi connectivity index (χ4n) is 2.95. The van der Waals surface area contributed by atoms with Gasteiger partial charge < -0.3 is 19.7 Å². The zero-order valence-electron chi connectivity index (χ0n) is 13.2. The lowest BCUT2D eigenvalue weighted by Crippen LogP contribution is -2.70. The molecule has 1 heterocycles. The van der Waals surface area contributed by atoms with Crippen molar-refractivity contribution in [2.24, 2.45) is 5.92 Å². The first kappa shape index (κ1) is 16.2. The van der Waals surface area contributed by atoms with Crippen molar-refractivity contribution in [3.8, 4) is 0 Å². The molecule has 0 aromatic carbocycles. The van der Waals surface area contributed by atoms with E-state index in [1.54, 1.807) is 18.9 Å². The number of ether oxygens (including phenoxy) is 2. The minimum absolute atomic E-state index is 0.0147. The molecule has 0 aromatic rings. The molecule has 0 radical (unpaired) electrons. The van der Waals surface area contributed by atoms with Gasteiger partial charge in [-0.15, -0.1) is 0 Å². The van der Waals surface area contributed by atoms with Crippen molar-refractivity contribution < 1.29 is 19.1 Å². The third kappa shape index (κ3) is 3.37. The van der Waals surface area contributed by atoms with Crippen molar-refractivity contribution in [2.45, 2.75) is 44.7 Å². The summed E-state index contributed by atoms with van der Waals surface area (Å²) in [7, 11) is 1.64. The van der Waals surface area contributed by atoms with Crippen molar-refractivity contribution in [1.82, 2.24) is 10.2 Å². The number of hydrogen-bond donors (Lipinski definition) is 1. The lowest BCUT2D eigenvalue weighted by atomic mass is 9.88. The smallest absolute Gasteiger partial charge is 0.246 e. The van der Waals surface area contributed by atoms with Crippen LogP contribution in [0.15, 0.2) is 0 Å². The molecule has 1 aliphatic heterocycles. The van der Waals surface area contributed by atoms with Crippen molar-refractivity contribution in [3.63, 3.8) is 0 Å². The Morgan fingerprint density at radius 3 is 2.62 bits per heavy atom. The molecular formula is C15H26N2O4. The molecule has 2 aliphatic rings. The average molecular weight is 298 g/mol. The standard InChI is InChI=1S/C15H26N2O4/c1-11-13(18)17(7-4-8-21-10-9-20-3)15(2,12-5-6-12)14(19)16-11/h11-12H,4-10H2,1-3H3,(H,16,19). The van der Waals surface area contributed by atoms with E-state index in [1.807, 2.05) is 6.92 Å². The molecule has 2 fully saturated rings. The van der Waals surface area contributed by atoms with Crippen LogP contribution in [0.5, 0.6) is 0 Å². The molecule has 6 heteroatoms. The van der Waals surface area contributed by atoms with E-state index >= 15 is 0 Å². The first-order valence-corrected chi connectivity index (χ1v) is 7.71. The third-order valence-corrected chi connectivity index (χ3v) is 4.48. The maximum atomic E-state index is 12.4. The summed E-state index contributed by atoms with van der Waals surface area (Å²) in [6.45, 7) is 5.91. The van der Waals surface area contributed by atoms with Crippen molar-refractivity contribution in [2.75, 3.05) is 33.5 Å². The van der Waals surface area contributed by atoms with E-state index < -0.39 is 11.6 Å². The number of nitrogens with zero attached hydrogens (tertiary/aromatic N) is 1. The van der Waals surface area contributed by atoms with Gasteiger partial charge in [-0.2, -0.15) is 0 Å². The van der Waals surface area contributed by atoms with E-state index in [2.05, 4.69) is 5.32 Å². The molecule has 1 saturated heterocycles. The number of piperazine rings is 1. The second kappa shape index (κ2) is 6.75. The minimum Gasteiger partial charge on any atom is -0.382 e. The van der Waals surface area contributed by atoms with Crippen LogP contribution in [0.3, 0.4) is 0 Å². The molecule has 0 spiro atoms. The van der Waals surface area contributed by atoms with E-state index in [0.29, 0.717) is 32.3 Å². The number of carbonyl (C=O) groups excluding carboxylic acids is 2. The van der Waals surface area contributed by atoms with Crippen molar-refractivity contribution in [3.05, 3.63) is 0 Å². The molecule has 1 N–H and O–H groups in total. The van der Waals surface area contributed by atoms with Crippen LogP contribution in [-0.4, -0.2) is 61.8 Å². The van der Waals surface area contributed by atoms with Crippen LogP contribution in [0.4, 0.5) is 0 Å². The zero-order chi connectivity index (χ0) is 15.5. The molecule has 120 valence electrons. The quantitative estimate of drug-likeness (QED) is 0.665. The van der Waals surface area contributed by atoms with Gasteiger partial charge in [0.1, 0.15) is 11.6 Å². The van der Waals surface area contributed by atoms with Gasteiger partial charge in [0, 0.05) is 20.3 Å².